The van der Waals surface area contributed by atoms with Gasteiger partial charge in [0.25, 0.3) is 0 Å². The number of anilines is 1. The van der Waals surface area contributed by atoms with Crippen LogP contribution in [-0.2, 0) is 5.54 Å². The molecule has 2 amide bonds. The van der Waals surface area contributed by atoms with E-state index in [0.29, 0.717) is 22.6 Å². The Morgan fingerprint density at radius 1 is 1.02 bits per heavy atom. The quantitative estimate of drug-likeness (QED) is 0.234. The SMILES string of the molecule is CC(C)c1ccccc1N1CCS/C1=N\C(=O)NC(C)(C)c1ccc(-c2ncn(-c3ccc(OC(F)(F)F)cc3)n2)cc1. The number of hydrogen-bond acceptors (Lipinski definition) is 5. The lowest BCUT2D eigenvalue weighted by Crippen LogP contribution is -2.40. The van der Waals surface area contributed by atoms with Crippen molar-refractivity contribution in [2.45, 2.75) is 45.5 Å². The number of carbonyl (C=O) groups is 1. The highest BCUT2D eigenvalue weighted by Gasteiger charge is 2.31. The number of halogens is 3. The fourth-order valence-electron chi connectivity index (χ4n) is 4.75. The summed E-state index contributed by atoms with van der Waals surface area (Å²) in [5, 5.41) is 8.16. The number of para-hydroxylation sites is 1. The number of amides is 2. The van der Waals surface area contributed by atoms with Gasteiger partial charge in [0.1, 0.15) is 12.1 Å². The number of nitrogens with zero attached hydrogens (tertiary/aromatic N) is 5. The summed E-state index contributed by atoms with van der Waals surface area (Å²) in [5.41, 5.74) is 3.71. The van der Waals surface area contributed by atoms with Crippen LogP contribution >= 0.6 is 11.8 Å². The van der Waals surface area contributed by atoms with Gasteiger partial charge in [0.2, 0.25) is 0 Å². The first-order valence-electron chi connectivity index (χ1n) is 13.7. The molecule has 1 aromatic heterocycles. The fraction of sp³-hybridized carbons (Fsp3) is 0.290. The van der Waals surface area contributed by atoms with Crippen molar-refractivity contribution in [3.8, 4) is 22.8 Å². The van der Waals surface area contributed by atoms with Crippen LogP contribution in [0.2, 0.25) is 0 Å². The second-order valence-electron chi connectivity index (χ2n) is 10.8. The normalized spacial score (nSPS) is 14.9. The van der Waals surface area contributed by atoms with Gasteiger partial charge in [-0.1, -0.05) is 68.1 Å². The van der Waals surface area contributed by atoms with Gasteiger partial charge in [-0.05, 0) is 61.2 Å². The number of aliphatic imine (C=N–C) groups is 1. The third-order valence-corrected chi connectivity index (χ3v) is 7.89. The van der Waals surface area contributed by atoms with E-state index in [1.807, 2.05) is 50.2 Å². The van der Waals surface area contributed by atoms with Crippen molar-refractivity contribution in [2.75, 3.05) is 17.2 Å². The van der Waals surface area contributed by atoms with E-state index in [-0.39, 0.29) is 5.75 Å². The van der Waals surface area contributed by atoms with E-state index >= 15 is 0 Å². The molecule has 1 saturated heterocycles. The number of rotatable bonds is 7. The third-order valence-electron chi connectivity index (χ3n) is 6.93. The van der Waals surface area contributed by atoms with Crippen LogP contribution in [0.4, 0.5) is 23.7 Å². The minimum atomic E-state index is -4.75. The molecule has 0 radical (unpaired) electrons. The predicted molar refractivity (Wildman–Crippen MR) is 163 cm³/mol. The molecule has 0 saturated carbocycles. The molecule has 224 valence electrons. The first-order chi connectivity index (χ1) is 20.4. The molecule has 0 spiro atoms. The molecule has 1 N–H and O–H groups in total. The van der Waals surface area contributed by atoms with E-state index in [1.165, 1.54) is 40.8 Å². The van der Waals surface area contributed by atoms with Crippen LogP contribution in [0, 0.1) is 0 Å². The number of nitrogens with one attached hydrogen (secondary N) is 1. The first-order valence-corrected chi connectivity index (χ1v) is 14.7. The van der Waals surface area contributed by atoms with E-state index < -0.39 is 17.9 Å². The maximum atomic E-state index is 13.1. The number of urea groups is 1. The molecule has 1 aliphatic rings. The summed E-state index contributed by atoms with van der Waals surface area (Å²) in [6, 6.07) is 20.6. The van der Waals surface area contributed by atoms with Crippen molar-refractivity contribution in [3.05, 3.63) is 90.3 Å². The number of amidine groups is 1. The molecule has 4 aromatic rings. The monoisotopic (exact) mass is 608 g/mol. The van der Waals surface area contributed by atoms with E-state index in [4.69, 9.17) is 0 Å². The number of thioether (sulfide) groups is 1. The Hall–Kier alpha value is -4.32. The highest BCUT2D eigenvalue weighted by Crippen LogP contribution is 2.33. The van der Waals surface area contributed by atoms with Gasteiger partial charge in [-0.2, -0.15) is 4.99 Å². The zero-order valence-electron chi connectivity index (χ0n) is 24.1. The Balaban J connectivity index is 1.26. The van der Waals surface area contributed by atoms with Crippen molar-refractivity contribution >= 4 is 28.6 Å². The molecule has 0 unspecified atom stereocenters. The van der Waals surface area contributed by atoms with Gasteiger partial charge in [0.15, 0.2) is 11.0 Å². The molecule has 2 heterocycles. The van der Waals surface area contributed by atoms with Crippen LogP contribution in [0.15, 0.2) is 84.1 Å². The molecule has 0 atom stereocenters. The minimum Gasteiger partial charge on any atom is -0.406 e. The second-order valence-corrected chi connectivity index (χ2v) is 11.9. The molecule has 43 heavy (non-hydrogen) atoms. The summed E-state index contributed by atoms with van der Waals surface area (Å²) in [6.07, 6.45) is -3.27. The van der Waals surface area contributed by atoms with Gasteiger partial charge in [-0.25, -0.2) is 14.5 Å². The van der Waals surface area contributed by atoms with E-state index in [0.717, 1.165) is 29.1 Å². The van der Waals surface area contributed by atoms with Gasteiger partial charge in [-0.3, -0.25) is 0 Å². The number of aromatic nitrogens is 3. The van der Waals surface area contributed by atoms with Gasteiger partial charge < -0.3 is 15.0 Å². The summed E-state index contributed by atoms with van der Waals surface area (Å²) in [4.78, 5) is 24.0. The lowest BCUT2D eigenvalue weighted by atomic mass is 9.93. The van der Waals surface area contributed by atoms with Crippen LogP contribution in [0.25, 0.3) is 17.1 Å². The number of ether oxygens (including phenoxy) is 1. The zero-order chi connectivity index (χ0) is 30.8. The largest absolute Gasteiger partial charge is 0.573 e. The van der Waals surface area contributed by atoms with Crippen molar-refractivity contribution in [1.29, 1.82) is 0 Å². The van der Waals surface area contributed by atoms with Crippen molar-refractivity contribution < 1.29 is 22.7 Å². The predicted octanol–water partition coefficient (Wildman–Crippen LogP) is 7.51. The average molecular weight is 609 g/mol. The molecule has 0 bridgehead atoms. The molecule has 1 aliphatic heterocycles. The highest BCUT2D eigenvalue weighted by atomic mass is 32.2. The summed E-state index contributed by atoms with van der Waals surface area (Å²) >= 11 is 1.57. The Morgan fingerprint density at radius 3 is 2.40 bits per heavy atom. The Bertz CT molecular complexity index is 1620. The molecule has 3 aromatic carbocycles. The smallest absolute Gasteiger partial charge is 0.406 e. The van der Waals surface area contributed by atoms with Crippen LogP contribution in [-0.4, -0.2) is 44.6 Å². The molecular formula is C31H31F3N6O2S. The van der Waals surface area contributed by atoms with Crippen molar-refractivity contribution in [2.24, 2.45) is 4.99 Å². The van der Waals surface area contributed by atoms with Gasteiger partial charge >= 0.3 is 12.4 Å². The van der Waals surface area contributed by atoms with E-state index in [2.05, 4.69) is 56.0 Å². The third kappa shape index (κ3) is 7.19. The maximum Gasteiger partial charge on any atom is 0.573 e. The molecule has 8 nitrogen and oxygen atoms in total. The van der Waals surface area contributed by atoms with Crippen LogP contribution in [0.1, 0.15) is 44.7 Å². The Kier molecular flexibility index (Phi) is 8.50. The Labute approximate surface area is 252 Å². The highest BCUT2D eigenvalue weighted by molar-refractivity contribution is 8.14. The van der Waals surface area contributed by atoms with Crippen LogP contribution in [0.5, 0.6) is 5.75 Å². The van der Waals surface area contributed by atoms with Gasteiger partial charge in [0.05, 0.1) is 11.2 Å². The maximum absolute atomic E-state index is 13.1. The summed E-state index contributed by atoms with van der Waals surface area (Å²) in [7, 11) is 0. The summed E-state index contributed by atoms with van der Waals surface area (Å²) in [5.74, 6) is 1.32. The average Bonchev–Trinajstić information content (AvgIpc) is 3.63. The molecule has 1 fully saturated rings. The second kappa shape index (κ2) is 12.1. The molecule has 5 rings (SSSR count). The van der Waals surface area contributed by atoms with E-state index in [9.17, 15) is 18.0 Å². The van der Waals surface area contributed by atoms with E-state index in [1.54, 1.807) is 11.8 Å². The molecular weight excluding hydrogens is 577 g/mol. The standard InChI is InChI=1S/C31H31F3N6O2S/c1-20(2)25-7-5-6-8-26(25)39-17-18-43-29(39)36-28(41)37-30(3,4)22-11-9-21(10-12-22)27-35-19-40(38-27)23-13-15-24(16-14-23)42-31(32,33)34/h5-16,19-20H,17-18H2,1-4H3,(H,37,41)/b36-29-. The summed E-state index contributed by atoms with van der Waals surface area (Å²) in [6.45, 7) is 8.91. The number of hydrogen-bond donors (Lipinski definition) is 1. The van der Waals surface area contributed by atoms with Gasteiger partial charge in [-0.15, -0.1) is 18.3 Å². The lowest BCUT2D eigenvalue weighted by Gasteiger charge is -2.27. The fourth-order valence-corrected chi connectivity index (χ4v) is 5.70. The van der Waals surface area contributed by atoms with Crippen molar-refractivity contribution in [3.63, 3.8) is 0 Å². The Morgan fingerprint density at radius 2 is 1.72 bits per heavy atom. The lowest BCUT2D eigenvalue weighted by molar-refractivity contribution is -0.274. The first kappa shape index (κ1) is 30.1. The van der Waals surface area contributed by atoms with Crippen LogP contribution in [0.3, 0.4) is 0 Å². The van der Waals surface area contributed by atoms with Crippen LogP contribution < -0.4 is 15.0 Å². The van der Waals surface area contributed by atoms with Crippen molar-refractivity contribution in [1.82, 2.24) is 20.1 Å². The minimum absolute atomic E-state index is 0.316. The number of benzene rings is 3. The van der Waals surface area contributed by atoms with Gasteiger partial charge in [0, 0.05) is 23.5 Å². The number of alkyl halides is 3. The molecule has 12 heteroatoms. The zero-order valence-corrected chi connectivity index (χ0v) is 24.9. The number of carbonyl (C=O) groups excluding carboxylic acids is 1. The summed E-state index contributed by atoms with van der Waals surface area (Å²) < 4.78 is 42.7. The molecule has 0 aliphatic carbocycles. The topological polar surface area (TPSA) is 84.6 Å².